The standard InChI is InChI=1S/C29H27N3O3S/c1-23(26-13-7-3-8-14-26)30-31-29(33)27-19-17-25(18-20-27)22-32(21-24-11-5-2-6-12-24)36(34,35)28-15-9-4-10-16-28/h2-20H,21-22H2,1H3,(H,31,33). The van der Waals surface area contributed by atoms with E-state index in [1.165, 1.54) is 4.31 Å². The Bertz CT molecular complexity index is 1420. The smallest absolute Gasteiger partial charge is 0.267 e. The minimum Gasteiger partial charge on any atom is -0.267 e. The van der Waals surface area contributed by atoms with Crippen molar-refractivity contribution in [2.24, 2.45) is 5.10 Å². The van der Waals surface area contributed by atoms with E-state index in [1.807, 2.05) is 67.6 Å². The van der Waals surface area contributed by atoms with E-state index < -0.39 is 10.0 Å². The van der Waals surface area contributed by atoms with E-state index in [2.05, 4.69) is 10.5 Å². The Morgan fingerprint density at radius 3 is 1.78 bits per heavy atom. The third-order valence-electron chi connectivity index (χ3n) is 5.67. The molecule has 6 nitrogen and oxygen atoms in total. The predicted molar refractivity (Wildman–Crippen MR) is 142 cm³/mol. The van der Waals surface area contributed by atoms with Crippen LogP contribution in [0.1, 0.15) is 34.0 Å². The van der Waals surface area contributed by atoms with E-state index >= 15 is 0 Å². The number of amides is 1. The lowest BCUT2D eigenvalue weighted by molar-refractivity contribution is 0.0955. The van der Waals surface area contributed by atoms with Gasteiger partial charge < -0.3 is 0 Å². The maximum atomic E-state index is 13.4. The molecule has 182 valence electrons. The summed E-state index contributed by atoms with van der Waals surface area (Å²) >= 11 is 0. The summed E-state index contributed by atoms with van der Waals surface area (Å²) in [5, 5.41) is 4.18. The SMILES string of the molecule is CC(=NNC(=O)c1ccc(CN(Cc2ccccc2)S(=O)(=O)c2ccccc2)cc1)c1ccccc1. The lowest BCUT2D eigenvalue weighted by atomic mass is 10.1. The minimum atomic E-state index is -3.73. The number of carbonyl (C=O) groups is 1. The number of rotatable bonds is 9. The van der Waals surface area contributed by atoms with Crippen LogP contribution in [-0.2, 0) is 23.1 Å². The Hall–Kier alpha value is -4.07. The molecule has 4 aromatic rings. The first-order valence-corrected chi connectivity index (χ1v) is 13.0. The molecule has 0 bridgehead atoms. The van der Waals surface area contributed by atoms with Gasteiger partial charge in [-0.05, 0) is 47.9 Å². The Balaban J connectivity index is 1.50. The maximum Gasteiger partial charge on any atom is 0.271 e. The molecule has 0 unspecified atom stereocenters. The summed E-state index contributed by atoms with van der Waals surface area (Å²) < 4.78 is 28.3. The van der Waals surface area contributed by atoms with E-state index in [0.29, 0.717) is 11.3 Å². The lowest BCUT2D eigenvalue weighted by Crippen LogP contribution is -2.30. The number of hydrogen-bond acceptors (Lipinski definition) is 4. The van der Waals surface area contributed by atoms with Gasteiger partial charge in [-0.1, -0.05) is 91.0 Å². The molecule has 4 aromatic carbocycles. The number of benzene rings is 4. The molecule has 0 saturated heterocycles. The monoisotopic (exact) mass is 497 g/mol. The topological polar surface area (TPSA) is 78.8 Å². The molecule has 0 fully saturated rings. The molecular weight excluding hydrogens is 470 g/mol. The number of sulfonamides is 1. The quantitative estimate of drug-likeness (QED) is 0.254. The molecule has 0 spiro atoms. The maximum absolute atomic E-state index is 13.4. The van der Waals surface area contributed by atoms with Crippen LogP contribution in [0.4, 0.5) is 0 Å². The Kier molecular flexibility index (Phi) is 8.05. The number of nitrogens with zero attached hydrogens (tertiary/aromatic N) is 2. The highest BCUT2D eigenvalue weighted by atomic mass is 32.2. The summed E-state index contributed by atoms with van der Waals surface area (Å²) in [5.74, 6) is -0.338. The summed E-state index contributed by atoms with van der Waals surface area (Å²) in [7, 11) is -3.73. The van der Waals surface area contributed by atoms with Gasteiger partial charge in [0.2, 0.25) is 10.0 Å². The van der Waals surface area contributed by atoms with Gasteiger partial charge in [0.25, 0.3) is 5.91 Å². The highest BCUT2D eigenvalue weighted by Crippen LogP contribution is 2.21. The second-order valence-corrected chi connectivity index (χ2v) is 10.2. The summed E-state index contributed by atoms with van der Waals surface area (Å²) in [5.41, 5.74) is 6.29. The van der Waals surface area contributed by atoms with Crippen molar-refractivity contribution in [2.45, 2.75) is 24.9 Å². The van der Waals surface area contributed by atoms with Crippen LogP contribution in [0.25, 0.3) is 0 Å². The average molecular weight is 498 g/mol. The molecule has 0 aliphatic rings. The molecule has 0 heterocycles. The van der Waals surface area contributed by atoms with Gasteiger partial charge >= 0.3 is 0 Å². The van der Waals surface area contributed by atoms with Gasteiger partial charge in [0.05, 0.1) is 10.6 Å². The summed E-state index contributed by atoms with van der Waals surface area (Å²) in [4.78, 5) is 12.8. The van der Waals surface area contributed by atoms with Crippen molar-refractivity contribution in [3.63, 3.8) is 0 Å². The van der Waals surface area contributed by atoms with E-state index in [-0.39, 0.29) is 23.9 Å². The third kappa shape index (κ3) is 6.33. The van der Waals surface area contributed by atoms with Crippen LogP contribution < -0.4 is 5.43 Å². The molecule has 0 aromatic heterocycles. The van der Waals surface area contributed by atoms with E-state index in [9.17, 15) is 13.2 Å². The number of hydrogen-bond donors (Lipinski definition) is 1. The lowest BCUT2D eigenvalue weighted by Gasteiger charge is -2.22. The van der Waals surface area contributed by atoms with E-state index in [1.54, 1.807) is 54.6 Å². The van der Waals surface area contributed by atoms with Gasteiger partial charge in [-0.3, -0.25) is 4.79 Å². The second-order valence-electron chi connectivity index (χ2n) is 8.27. The fourth-order valence-electron chi connectivity index (χ4n) is 3.66. The van der Waals surface area contributed by atoms with Crippen molar-refractivity contribution in [3.05, 3.63) is 138 Å². The molecule has 4 rings (SSSR count). The van der Waals surface area contributed by atoms with Crippen molar-refractivity contribution < 1.29 is 13.2 Å². The Labute approximate surface area is 212 Å². The van der Waals surface area contributed by atoms with Crippen molar-refractivity contribution in [1.82, 2.24) is 9.73 Å². The molecule has 0 saturated carbocycles. The molecule has 0 aliphatic carbocycles. The zero-order valence-electron chi connectivity index (χ0n) is 19.9. The third-order valence-corrected chi connectivity index (χ3v) is 7.48. The normalized spacial score (nSPS) is 11.9. The van der Waals surface area contributed by atoms with Crippen molar-refractivity contribution in [2.75, 3.05) is 0 Å². The molecular formula is C29H27N3O3S. The largest absolute Gasteiger partial charge is 0.271 e. The molecule has 0 aliphatic heterocycles. The molecule has 7 heteroatoms. The summed E-state index contributed by atoms with van der Waals surface area (Å²) in [6, 6.07) is 34.3. The van der Waals surface area contributed by atoms with Crippen LogP contribution in [0.5, 0.6) is 0 Å². The van der Waals surface area contributed by atoms with E-state index in [4.69, 9.17) is 0 Å². The van der Waals surface area contributed by atoms with Gasteiger partial charge in [-0.15, -0.1) is 0 Å². The molecule has 1 N–H and O–H groups in total. The summed E-state index contributed by atoms with van der Waals surface area (Å²) in [6.07, 6.45) is 0. The van der Waals surface area contributed by atoms with Crippen molar-refractivity contribution in [3.8, 4) is 0 Å². The van der Waals surface area contributed by atoms with Gasteiger partial charge in [0.1, 0.15) is 0 Å². The molecule has 1 amide bonds. The van der Waals surface area contributed by atoms with Crippen molar-refractivity contribution >= 4 is 21.6 Å². The van der Waals surface area contributed by atoms with Gasteiger partial charge in [-0.2, -0.15) is 9.41 Å². The van der Waals surface area contributed by atoms with Crippen LogP contribution in [0.15, 0.2) is 125 Å². The van der Waals surface area contributed by atoms with Crippen LogP contribution >= 0.6 is 0 Å². The number of carbonyl (C=O) groups excluding carboxylic acids is 1. The summed E-state index contributed by atoms with van der Waals surface area (Å²) in [6.45, 7) is 2.22. The van der Waals surface area contributed by atoms with Crippen LogP contribution in [0, 0.1) is 0 Å². The number of hydrazone groups is 1. The van der Waals surface area contributed by atoms with Gasteiger partial charge in [0.15, 0.2) is 0 Å². The number of nitrogens with one attached hydrogen (secondary N) is 1. The van der Waals surface area contributed by atoms with E-state index in [0.717, 1.165) is 16.7 Å². The Morgan fingerprint density at radius 1 is 0.694 bits per heavy atom. The molecule has 0 radical (unpaired) electrons. The van der Waals surface area contributed by atoms with Crippen molar-refractivity contribution in [1.29, 1.82) is 0 Å². The van der Waals surface area contributed by atoms with Crippen LogP contribution in [0.2, 0.25) is 0 Å². The fraction of sp³-hybridized carbons (Fsp3) is 0.103. The first kappa shape index (κ1) is 25.0. The fourth-order valence-corrected chi connectivity index (χ4v) is 5.10. The molecule has 36 heavy (non-hydrogen) atoms. The van der Waals surface area contributed by atoms with Crippen LogP contribution in [0.3, 0.4) is 0 Å². The first-order chi connectivity index (χ1) is 17.4. The zero-order valence-corrected chi connectivity index (χ0v) is 20.7. The highest BCUT2D eigenvalue weighted by molar-refractivity contribution is 7.89. The average Bonchev–Trinajstić information content (AvgIpc) is 2.93. The minimum absolute atomic E-state index is 0.166. The van der Waals surface area contributed by atoms with Crippen LogP contribution in [-0.4, -0.2) is 24.3 Å². The first-order valence-electron chi connectivity index (χ1n) is 11.5. The highest BCUT2D eigenvalue weighted by Gasteiger charge is 2.25. The Morgan fingerprint density at radius 2 is 1.19 bits per heavy atom. The van der Waals surface area contributed by atoms with Gasteiger partial charge in [0, 0.05) is 18.7 Å². The zero-order chi connectivity index (χ0) is 25.4. The van der Waals surface area contributed by atoms with Gasteiger partial charge in [-0.25, -0.2) is 13.8 Å². The predicted octanol–water partition coefficient (Wildman–Crippen LogP) is 5.23. The molecule has 0 atom stereocenters. The second kappa shape index (κ2) is 11.6.